The zero-order chi connectivity index (χ0) is 13.5. The molecule has 19 heavy (non-hydrogen) atoms. The Balaban J connectivity index is 1.66. The summed E-state index contributed by atoms with van der Waals surface area (Å²) in [4.78, 5) is 16.4. The molecule has 0 aromatic carbocycles. The van der Waals surface area contributed by atoms with Crippen molar-refractivity contribution < 1.29 is 9.66 Å². The van der Waals surface area contributed by atoms with Gasteiger partial charge in [0.2, 0.25) is 5.88 Å². The minimum Gasteiger partial charge on any atom is -0.478 e. The maximum atomic E-state index is 10.5. The van der Waals surface area contributed by atoms with E-state index in [0.717, 1.165) is 13.0 Å². The Hall–Kier alpha value is -1.69. The maximum Gasteiger partial charge on any atom is 0.287 e. The molecule has 1 fully saturated rings. The standard InChI is InChI=1S/C13H19N3O3/c17-16(18)12-5-6-13(14-11-12)19-10-4-9-15-7-2-1-3-8-15/h5-6,11H,1-4,7-10H2. The van der Waals surface area contributed by atoms with E-state index in [0.29, 0.717) is 12.5 Å². The molecule has 0 radical (unpaired) electrons. The first kappa shape index (κ1) is 13.7. The molecule has 0 aliphatic carbocycles. The van der Waals surface area contributed by atoms with E-state index in [1.165, 1.54) is 44.6 Å². The van der Waals surface area contributed by atoms with Crippen LogP contribution in [0.2, 0.25) is 0 Å². The summed E-state index contributed by atoms with van der Waals surface area (Å²) in [7, 11) is 0. The minimum absolute atomic E-state index is 0.0133. The number of likely N-dealkylation sites (tertiary alicyclic amines) is 1. The molecule has 0 spiro atoms. The molecule has 0 amide bonds. The Morgan fingerprint density at radius 2 is 2.11 bits per heavy atom. The molecule has 2 heterocycles. The average Bonchev–Trinajstić information content (AvgIpc) is 2.45. The van der Waals surface area contributed by atoms with Gasteiger partial charge in [-0.05, 0) is 32.4 Å². The first-order valence-corrected chi connectivity index (χ1v) is 6.71. The van der Waals surface area contributed by atoms with E-state index in [-0.39, 0.29) is 5.69 Å². The quantitative estimate of drug-likeness (QED) is 0.448. The van der Waals surface area contributed by atoms with Gasteiger partial charge >= 0.3 is 0 Å². The van der Waals surface area contributed by atoms with Crippen molar-refractivity contribution in [2.75, 3.05) is 26.2 Å². The van der Waals surface area contributed by atoms with Crippen LogP contribution in [0, 0.1) is 10.1 Å². The molecule has 1 aromatic heterocycles. The van der Waals surface area contributed by atoms with Crippen molar-refractivity contribution in [2.45, 2.75) is 25.7 Å². The number of piperidine rings is 1. The van der Waals surface area contributed by atoms with Gasteiger partial charge in [-0.15, -0.1) is 0 Å². The molecule has 104 valence electrons. The highest BCUT2D eigenvalue weighted by molar-refractivity contribution is 5.28. The summed E-state index contributed by atoms with van der Waals surface area (Å²) in [5.74, 6) is 0.448. The number of nitrogens with zero attached hydrogens (tertiary/aromatic N) is 3. The molecule has 0 atom stereocenters. The van der Waals surface area contributed by atoms with Crippen LogP contribution in [-0.4, -0.2) is 41.0 Å². The van der Waals surface area contributed by atoms with Crippen LogP contribution in [0.5, 0.6) is 5.88 Å². The summed E-state index contributed by atoms with van der Waals surface area (Å²) in [5, 5.41) is 10.5. The predicted octanol–water partition coefficient (Wildman–Crippen LogP) is 2.24. The molecule has 0 unspecified atom stereocenters. The molecule has 2 rings (SSSR count). The Labute approximate surface area is 112 Å². The summed E-state index contributed by atoms with van der Waals surface area (Å²) in [6, 6.07) is 2.95. The minimum atomic E-state index is -0.465. The number of ether oxygens (including phenoxy) is 1. The Morgan fingerprint density at radius 3 is 2.74 bits per heavy atom. The van der Waals surface area contributed by atoms with Gasteiger partial charge in [-0.3, -0.25) is 10.1 Å². The zero-order valence-corrected chi connectivity index (χ0v) is 11.0. The molecule has 1 aromatic rings. The van der Waals surface area contributed by atoms with Crippen molar-refractivity contribution in [1.29, 1.82) is 0 Å². The molecule has 0 saturated carbocycles. The van der Waals surface area contributed by atoms with Gasteiger partial charge < -0.3 is 9.64 Å². The number of rotatable bonds is 6. The highest BCUT2D eigenvalue weighted by atomic mass is 16.6. The molecule has 6 nitrogen and oxygen atoms in total. The Morgan fingerprint density at radius 1 is 1.32 bits per heavy atom. The maximum absolute atomic E-state index is 10.5. The summed E-state index contributed by atoms with van der Waals surface area (Å²) >= 11 is 0. The number of aromatic nitrogens is 1. The summed E-state index contributed by atoms with van der Waals surface area (Å²) in [6.07, 6.45) is 6.12. The number of nitro groups is 1. The van der Waals surface area contributed by atoms with Crippen molar-refractivity contribution in [3.8, 4) is 5.88 Å². The van der Waals surface area contributed by atoms with Gasteiger partial charge in [0.1, 0.15) is 6.20 Å². The summed E-state index contributed by atoms with van der Waals surface area (Å²) in [6.45, 7) is 4.03. The Bertz CT molecular complexity index is 402. The van der Waals surface area contributed by atoms with Crippen molar-refractivity contribution in [3.05, 3.63) is 28.4 Å². The summed E-state index contributed by atoms with van der Waals surface area (Å²) in [5.41, 5.74) is -0.0133. The third-order valence-electron chi connectivity index (χ3n) is 3.25. The second-order valence-corrected chi connectivity index (χ2v) is 4.72. The lowest BCUT2D eigenvalue weighted by atomic mass is 10.1. The lowest BCUT2D eigenvalue weighted by Crippen LogP contribution is -2.31. The number of pyridine rings is 1. The van der Waals surface area contributed by atoms with Crippen LogP contribution in [0.15, 0.2) is 18.3 Å². The molecule has 0 bridgehead atoms. The van der Waals surface area contributed by atoms with Crippen LogP contribution in [0.25, 0.3) is 0 Å². The van der Waals surface area contributed by atoms with E-state index >= 15 is 0 Å². The van der Waals surface area contributed by atoms with Gasteiger partial charge in [0, 0.05) is 18.7 Å². The van der Waals surface area contributed by atoms with E-state index in [4.69, 9.17) is 4.74 Å². The van der Waals surface area contributed by atoms with Crippen LogP contribution in [0.1, 0.15) is 25.7 Å². The molecule has 6 heteroatoms. The molecule has 1 saturated heterocycles. The fourth-order valence-electron chi connectivity index (χ4n) is 2.21. The monoisotopic (exact) mass is 265 g/mol. The highest BCUT2D eigenvalue weighted by Crippen LogP contribution is 2.14. The van der Waals surface area contributed by atoms with Gasteiger partial charge in [0.05, 0.1) is 11.5 Å². The first-order valence-electron chi connectivity index (χ1n) is 6.71. The van der Waals surface area contributed by atoms with E-state index in [1.54, 1.807) is 6.07 Å². The molecule has 1 aliphatic heterocycles. The lowest BCUT2D eigenvalue weighted by molar-refractivity contribution is -0.385. The molecule has 1 aliphatic rings. The van der Waals surface area contributed by atoms with Gasteiger partial charge in [-0.1, -0.05) is 6.42 Å². The Kier molecular flexibility index (Phi) is 5.09. The molecule has 0 N–H and O–H groups in total. The highest BCUT2D eigenvalue weighted by Gasteiger charge is 2.09. The fourth-order valence-corrected chi connectivity index (χ4v) is 2.21. The van der Waals surface area contributed by atoms with Gasteiger partial charge in [-0.2, -0.15) is 0 Å². The summed E-state index contributed by atoms with van der Waals surface area (Å²) < 4.78 is 5.47. The van der Waals surface area contributed by atoms with Crippen molar-refractivity contribution in [3.63, 3.8) is 0 Å². The second kappa shape index (κ2) is 7.04. The topological polar surface area (TPSA) is 68.5 Å². The first-order chi connectivity index (χ1) is 9.25. The van der Waals surface area contributed by atoms with Crippen LogP contribution in [-0.2, 0) is 0 Å². The smallest absolute Gasteiger partial charge is 0.287 e. The van der Waals surface area contributed by atoms with Crippen LogP contribution >= 0.6 is 0 Å². The lowest BCUT2D eigenvalue weighted by Gasteiger charge is -2.26. The van der Waals surface area contributed by atoms with Crippen LogP contribution in [0.4, 0.5) is 5.69 Å². The third-order valence-corrected chi connectivity index (χ3v) is 3.25. The zero-order valence-electron chi connectivity index (χ0n) is 11.0. The molecular formula is C13H19N3O3. The normalized spacial score (nSPS) is 16.2. The van der Waals surface area contributed by atoms with Crippen molar-refractivity contribution in [2.24, 2.45) is 0 Å². The van der Waals surface area contributed by atoms with Crippen LogP contribution < -0.4 is 4.74 Å². The molecular weight excluding hydrogens is 246 g/mol. The van der Waals surface area contributed by atoms with Gasteiger partial charge in [0.15, 0.2) is 0 Å². The van der Waals surface area contributed by atoms with E-state index in [1.807, 2.05) is 0 Å². The SMILES string of the molecule is O=[N+]([O-])c1ccc(OCCCN2CCCCC2)nc1. The fraction of sp³-hybridized carbons (Fsp3) is 0.615. The third kappa shape index (κ3) is 4.48. The van der Waals surface area contributed by atoms with Crippen molar-refractivity contribution in [1.82, 2.24) is 9.88 Å². The van der Waals surface area contributed by atoms with E-state index in [2.05, 4.69) is 9.88 Å². The predicted molar refractivity (Wildman–Crippen MR) is 71.3 cm³/mol. The average molecular weight is 265 g/mol. The number of hydrogen-bond acceptors (Lipinski definition) is 5. The number of hydrogen-bond donors (Lipinski definition) is 0. The van der Waals surface area contributed by atoms with E-state index < -0.39 is 4.92 Å². The van der Waals surface area contributed by atoms with Gasteiger partial charge in [-0.25, -0.2) is 4.98 Å². The van der Waals surface area contributed by atoms with Crippen molar-refractivity contribution >= 4 is 5.69 Å². The van der Waals surface area contributed by atoms with Crippen LogP contribution in [0.3, 0.4) is 0 Å². The van der Waals surface area contributed by atoms with E-state index in [9.17, 15) is 10.1 Å². The largest absolute Gasteiger partial charge is 0.478 e. The second-order valence-electron chi connectivity index (χ2n) is 4.72. The van der Waals surface area contributed by atoms with Gasteiger partial charge in [0.25, 0.3) is 5.69 Å².